The van der Waals surface area contributed by atoms with Crippen molar-refractivity contribution in [3.8, 4) is 11.5 Å². The summed E-state index contributed by atoms with van der Waals surface area (Å²) in [5.41, 5.74) is 6.88. The minimum atomic E-state index is 0. The maximum Gasteiger partial charge on any atom is 0.193 e. The number of nitrogens with zero attached hydrogens (tertiary/aromatic N) is 2. The Hall–Kier alpha value is -1.22. The molecule has 1 aromatic rings. The largest absolute Gasteiger partial charge is 0.490 e. The third-order valence-corrected chi connectivity index (χ3v) is 5.06. The van der Waals surface area contributed by atoms with Crippen molar-refractivity contribution in [2.75, 3.05) is 44.7 Å². The molecule has 2 heterocycles. The van der Waals surface area contributed by atoms with E-state index in [0.29, 0.717) is 19.2 Å². The van der Waals surface area contributed by atoms with Gasteiger partial charge in [-0.3, -0.25) is 4.99 Å². The number of fused-ring (bicyclic) bond motifs is 1. The number of nitrogens with two attached hydrogens (primary N) is 1. The Morgan fingerprint density at radius 1 is 1.19 bits per heavy atom. The van der Waals surface area contributed by atoms with E-state index in [9.17, 15) is 0 Å². The van der Waals surface area contributed by atoms with Gasteiger partial charge in [-0.2, -0.15) is 0 Å². The van der Waals surface area contributed by atoms with Gasteiger partial charge in [-0.15, -0.1) is 24.0 Å². The molecule has 3 rings (SSSR count). The second kappa shape index (κ2) is 11.6. The first-order valence-corrected chi connectivity index (χ1v) is 9.89. The van der Waals surface area contributed by atoms with Crippen LogP contribution in [0.2, 0.25) is 0 Å². The number of hydrogen-bond acceptors (Lipinski definition) is 4. The van der Waals surface area contributed by atoms with Crippen molar-refractivity contribution >= 4 is 35.6 Å². The Kier molecular flexibility index (Phi) is 9.47. The molecule has 0 atom stereocenters. The fraction of sp³-hybridized carbons (Fsp3) is 0.650. The predicted octanol–water partition coefficient (Wildman–Crippen LogP) is 3.70. The van der Waals surface area contributed by atoms with Gasteiger partial charge in [-0.1, -0.05) is 6.92 Å². The Morgan fingerprint density at radius 2 is 1.93 bits per heavy atom. The molecule has 0 aromatic heterocycles. The summed E-state index contributed by atoms with van der Waals surface area (Å²) < 4.78 is 11.3. The first-order valence-electron chi connectivity index (χ1n) is 9.89. The van der Waals surface area contributed by atoms with E-state index in [0.717, 1.165) is 42.5 Å². The van der Waals surface area contributed by atoms with Crippen LogP contribution in [0.15, 0.2) is 23.2 Å². The van der Waals surface area contributed by atoms with E-state index in [1.807, 2.05) is 18.2 Å². The summed E-state index contributed by atoms with van der Waals surface area (Å²) in [6, 6.07) is 5.77. The van der Waals surface area contributed by atoms with Crippen molar-refractivity contribution in [1.82, 2.24) is 4.90 Å². The average molecular weight is 488 g/mol. The van der Waals surface area contributed by atoms with E-state index < -0.39 is 0 Å². The zero-order valence-electron chi connectivity index (χ0n) is 16.3. The van der Waals surface area contributed by atoms with E-state index in [1.165, 1.54) is 38.9 Å². The second-order valence-corrected chi connectivity index (χ2v) is 7.34. The first-order chi connectivity index (χ1) is 12.7. The van der Waals surface area contributed by atoms with Crippen LogP contribution in [0.3, 0.4) is 0 Å². The van der Waals surface area contributed by atoms with Gasteiger partial charge < -0.3 is 25.4 Å². The molecule has 0 saturated carbocycles. The number of likely N-dealkylation sites (tertiary alicyclic amines) is 1. The molecule has 2 aliphatic rings. The number of benzene rings is 1. The number of ether oxygens (including phenoxy) is 2. The summed E-state index contributed by atoms with van der Waals surface area (Å²) in [6.45, 7) is 8.16. The molecule has 0 spiro atoms. The normalized spacial score (nSPS) is 18.5. The van der Waals surface area contributed by atoms with E-state index in [1.54, 1.807) is 0 Å². The van der Waals surface area contributed by atoms with Crippen LogP contribution in [0.4, 0.5) is 5.69 Å². The SMILES string of the molecule is CC1CCN(CCCCN=C(N)Nc2ccc3c(c2)OCCCO3)CC1.I. The van der Waals surface area contributed by atoms with Crippen LogP contribution < -0.4 is 20.5 Å². The highest BCUT2D eigenvalue weighted by Crippen LogP contribution is 2.32. The summed E-state index contributed by atoms with van der Waals surface area (Å²) in [7, 11) is 0. The van der Waals surface area contributed by atoms with Crippen LogP contribution in [0.1, 0.15) is 39.0 Å². The van der Waals surface area contributed by atoms with E-state index in [4.69, 9.17) is 15.2 Å². The topological polar surface area (TPSA) is 72.1 Å². The minimum Gasteiger partial charge on any atom is -0.490 e. The lowest BCUT2D eigenvalue weighted by Crippen LogP contribution is -2.33. The van der Waals surface area contributed by atoms with Crippen molar-refractivity contribution < 1.29 is 9.47 Å². The molecule has 6 nitrogen and oxygen atoms in total. The Morgan fingerprint density at radius 3 is 2.70 bits per heavy atom. The van der Waals surface area contributed by atoms with Crippen molar-refractivity contribution in [2.24, 2.45) is 16.6 Å². The monoisotopic (exact) mass is 488 g/mol. The molecule has 3 N–H and O–H groups in total. The fourth-order valence-corrected chi connectivity index (χ4v) is 3.36. The summed E-state index contributed by atoms with van der Waals surface area (Å²) >= 11 is 0. The highest BCUT2D eigenvalue weighted by Gasteiger charge is 2.14. The van der Waals surface area contributed by atoms with Gasteiger partial charge in [0.2, 0.25) is 0 Å². The number of rotatable bonds is 6. The van der Waals surface area contributed by atoms with E-state index in [2.05, 4.69) is 22.1 Å². The third kappa shape index (κ3) is 7.37. The number of anilines is 1. The standard InChI is InChI=1S/C20H32N4O2.HI/c1-16-7-11-24(12-8-16)10-3-2-9-22-20(21)23-17-5-6-18-19(15-17)26-14-4-13-25-18;/h5-6,15-16H,2-4,7-14H2,1H3,(H3,21,22,23);1H. The van der Waals surface area contributed by atoms with Crippen LogP contribution in [0.25, 0.3) is 0 Å². The molecule has 2 aliphatic heterocycles. The summed E-state index contributed by atoms with van der Waals surface area (Å²) in [4.78, 5) is 7.01. The van der Waals surface area contributed by atoms with Crippen molar-refractivity contribution in [1.29, 1.82) is 0 Å². The zero-order valence-corrected chi connectivity index (χ0v) is 18.6. The Balaban J connectivity index is 0.00000261. The highest BCUT2D eigenvalue weighted by atomic mass is 127. The van der Waals surface area contributed by atoms with Crippen LogP contribution in [0, 0.1) is 5.92 Å². The van der Waals surface area contributed by atoms with Gasteiger partial charge in [-0.05, 0) is 63.4 Å². The lowest BCUT2D eigenvalue weighted by atomic mass is 9.99. The molecule has 7 heteroatoms. The quantitative estimate of drug-likeness (QED) is 0.277. The molecular formula is C20H33IN4O2. The summed E-state index contributed by atoms with van der Waals surface area (Å²) in [5.74, 6) is 2.89. The summed E-state index contributed by atoms with van der Waals surface area (Å²) in [6.07, 6.45) is 5.82. The number of guanidine groups is 1. The van der Waals surface area contributed by atoms with Crippen LogP contribution in [-0.2, 0) is 0 Å². The Bertz CT molecular complexity index is 604. The zero-order chi connectivity index (χ0) is 18.2. The molecular weight excluding hydrogens is 455 g/mol. The van der Waals surface area contributed by atoms with Crippen molar-refractivity contribution in [3.05, 3.63) is 18.2 Å². The maximum atomic E-state index is 6.01. The molecule has 0 amide bonds. The molecule has 1 aromatic carbocycles. The number of aliphatic imine (C=N–C) groups is 1. The molecule has 1 saturated heterocycles. The number of halogens is 1. The number of hydrogen-bond donors (Lipinski definition) is 2. The minimum absolute atomic E-state index is 0. The predicted molar refractivity (Wildman–Crippen MR) is 122 cm³/mol. The maximum absolute atomic E-state index is 6.01. The molecule has 0 aliphatic carbocycles. The van der Waals surface area contributed by atoms with Crippen LogP contribution >= 0.6 is 24.0 Å². The smallest absolute Gasteiger partial charge is 0.193 e. The fourth-order valence-electron chi connectivity index (χ4n) is 3.36. The van der Waals surface area contributed by atoms with Gasteiger partial charge in [0.25, 0.3) is 0 Å². The van der Waals surface area contributed by atoms with Gasteiger partial charge >= 0.3 is 0 Å². The van der Waals surface area contributed by atoms with Gasteiger partial charge in [0.1, 0.15) is 0 Å². The molecule has 0 unspecified atom stereocenters. The van der Waals surface area contributed by atoms with Crippen molar-refractivity contribution in [2.45, 2.75) is 39.0 Å². The lowest BCUT2D eigenvalue weighted by molar-refractivity contribution is 0.190. The Labute approximate surface area is 179 Å². The first kappa shape index (κ1) is 22.1. The number of piperidine rings is 1. The van der Waals surface area contributed by atoms with Crippen LogP contribution in [-0.4, -0.2) is 50.3 Å². The van der Waals surface area contributed by atoms with Crippen LogP contribution in [0.5, 0.6) is 11.5 Å². The third-order valence-electron chi connectivity index (χ3n) is 5.06. The molecule has 27 heavy (non-hydrogen) atoms. The molecule has 1 fully saturated rings. The highest BCUT2D eigenvalue weighted by molar-refractivity contribution is 14.0. The second-order valence-electron chi connectivity index (χ2n) is 7.34. The molecule has 0 bridgehead atoms. The van der Waals surface area contributed by atoms with E-state index >= 15 is 0 Å². The molecule has 0 radical (unpaired) electrons. The van der Waals surface area contributed by atoms with Gasteiger partial charge in [-0.25, -0.2) is 0 Å². The number of nitrogens with one attached hydrogen (secondary N) is 1. The number of unbranched alkanes of at least 4 members (excludes halogenated alkanes) is 1. The van der Waals surface area contributed by atoms with E-state index in [-0.39, 0.29) is 24.0 Å². The average Bonchev–Trinajstić information content (AvgIpc) is 2.88. The van der Waals surface area contributed by atoms with Crippen molar-refractivity contribution in [3.63, 3.8) is 0 Å². The molecule has 152 valence electrons. The summed E-state index contributed by atoms with van der Waals surface area (Å²) in [5, 5.41) is 3.14. The van der Waals surface area contributed by atoms with Gasteiger partial charge in [0, 0.05) is 24.7 Å². The lowest BCUT2D eigenvalue weighted by Gasteiger charge is -2.30. The van der Waals surface area contributed by atoms with Gasteiger partial charge in [0.05, 0.1) is 13.2 Å². The van der Waals surface area contributed by atoms with Gasteiger partial charge in [0.15, 0.2) is 17.5 Å².